The molecule has 1 atom stereocenters. The first-order chi connectivity index (χ1) is 15.4. The molecule has 0 aliphatic rings. The van der Waals surface area contributed by atoms with Gasteiger partial charge in [0.05, 0.1) is 16.2 Å². The van der Waals surface area contributed by atoms with E-state index in [4.69, 9.17) is 0 Å². The summed E-state index contributed by atoms with van der Waals surface area (Å²) >= 11 is 1.33. The van der Waals surface area contributed by atoms with Gasteiger partial charge in [-0.1, -0.05) is 55.9 Å². The quantitative estimate of drug-likeness (QED) is 0.420. The van der Waals surface area contributed by atoms with Crippen molar-refractivity contribution in [2.75, 3.05) is 5.32 Å². The molecule has 0 saturated carbocycles. The summed E-state index contributed by atoms with van der Waals surface area (Å²) in [6.45, 7) is 8.63. The van der Waals surface area contributed by atoms with Gasteiger partial charge in [0.15, 0.2) is 5.16 Å². The predicted octanol–water partition coefficient (Wildman–Crippen LogP) is 4.52. The number of carbonyl (C=O) groups is 1. The lowest BCUT2D eigenvalue weighted by atomic mass is 10.1. The van der Waals surface area contributed by atoms with Gasteiger partial charge in [0.2, 0.25) is 11.7 Å². The molecule has 2 aromatic carbocycles. The van der Waals surface area contributed by atoms with Gasteiger partial charge in [-0.05, 0) is 49.9 Å². The van der Waals surface area contributed by atoms with Crippen molar-refractivity contribution < 1.29 is 4.79 Å². The molecule has 2 aromatic heterocycles. The van der Waals surface area contributed by atoms with Gasteiger partial charge >= 0.3 is 0 Å². The van der Waals surface area contributed by atoms with Crippen molar-refractivity contribution in [3.63, 3.8) is 0 Å². The molecule has 2 heterocycles. The van der Waals surface area contributed by atoms with Crippen molar-refractivity contribution in [2.24, 2.45) is 5.92 Å². The number of nitrogens with one attached hydrogen (secondary N) is 1. The third kappa shape index (κ3) is 4.27. The molecular weight excluding hydrogens is 422 g/mol. The molecule has 1 N–H and O–H groups in total. The molecule has 0 radical (unpaired) electrons. The number of thioether (sulfide) groups is 1. The lowest BCUT2D eigenvalue weighted by Gasteiger charge is -2.14. The summed E-state index contributed by atoms with van der Waals surface area (Å²) in [5, 5.41) is 12.5. The Morgan fingerprint density at radius 2 is 1.78 bits per heavy atom. The van der Waals surface area contributed by atoms with E-state index in [1.807, 2.05) is 66.8 Å². The van der Waals surface area contributed by atoms with Gasteiger partial charge in [0.1, 0.15) is 0 Å². The smallest absolute Gasteiger partial charge is 0.262 e. The van der Waals surface area contributed by atoms with Crippen LogP contribution in [0.5, 0.6) is 0 Å². The maximum absolute atomic E-state index is 13.1. The Bertz CT molecular complexity index is 1340. The number of hydrogen-bond donors (Lipinski definition) is 1. The van der Waals surface area contributed by atoms with E-state index in [0.29, 0.717) is 28.8 Å². The van der Waals surface area contributed by atoms with Crippen molar-refractivity contribution in [1.82, 2.24) is 19.2 Å². The maximum atomic E-state index is 13.1. The highest BCUT2D eigenvalue weighted by molar-refractivity contribution is 8.00. The minimum atomic E-state index is -0.406. The standard InChI is InChI=1S/C24H27N5O2S/c1-15(2)13-14-28-22(31)18-10-6-8-12-20(18)29-23(28)26-27-24(29)32-17(4)21(30)25-19-11-7-5-9-16(19)3/h5-12,15,17H,13-14H2,1-4H3,(H,25,30). The van der Waals surface area contributed by atoms with Crippen molar-refractivity contribution in [3.05, 3.63) is 64.4 Å². The monoisotopic (exact) mass is 449 g/mol. The minimum absolute atomic E-state index is 0.0666. The number of fused-ring (bicyclic) bond motifs is 3. The van der Waals surface area contributed by atoms with Crippen LogP contribution in [0.3, 0.4) is 0 Å². The van der Waals surface area contributed by atoms with Crippen molar-refractivity contribution >= 4 is 40.0 Å². The first-order valence-corrected chi connectivity index (χ1v) is 11.6. The number of benzene rings is 2. The Kier molecular flexibility index (Phi) is 6.32. The predicted molar refractivity (Wildman–Crippen MR) is 129 cm³/mol. The molecule has 0 aliphatic heterocycles. The fraction of sp³-hybridized carbons (Fsp3) is 0.333. The van der Waals surface area contributed by atoms with Crippen molar-refractivity contribution in [3.8, 4) is 0 Å². The molecule has 0 aliphatic carbocycles. The zero-order valence-corrected chi connectivity index (χ0v) is 19.5. The number of hydrogen-bond acceptors (Lipinski definition) is 5. The van der Waals surface area contributed by atoms with Gasteiger partial charge in [-0.15, -0.1) is 10.2 Å². The average molecular weight is 450 g/mol. The molecule has 1 amide bonds. The zero-order chi connectivity index (χ0) is 22.8. The fourth-order valence-corrected chi connectivity index (χ4v) is 4.41. The van der Waals surface area contributed by atoms with E-state index in [1.165, 1.54) is 11.8 Å². The molecule has 1 unspecified atom stereocenters. The summed E-state index contributed by atoms with van der Waals surface area (Å²) < 4.78 is 3.58. The molecule has 4 aromatic rings. The highest BCUT2D eigenvalue weighted by atomic mass is 32.2. The number of aryl methyl sites for hydroxylation is 2. The average Bonchev–Trinajstić information content (AvgIpc) is 3.18. The van der Waals surface area contributed by atoms with Gasteiger partial charge in [0, 0.05) is 12.2 Å². The number of amides is 1. The van der Waals surface area contributed by atoms with E-state index in [1.54, 1.807) is 4.57 Å². The van der Waals surface area contributed by atoms with Crippen LogP contribution in [0, 0.1) is 12.8 Å². The van der Waals surface area contributed by atoms with Gasteiger partial charge in [-0.3, -0.25) is 18.6 Å². The highest BCUT2D eigenvalue weighted by Gasteiger charge is 2.22. The van der Waals surface area contributed by atoms with Crippen LogP contribution in [0.1, 0.15) is 32.8 Å². The lowest BCUT2D eigenvalue weighted by molar-refractivity contribution is -0.115. The van der Waals surface area contributed by atoms with E-state index in [9.17, 15) is 9.59 Å². The summed E-state index contributed by atoms with van der Waals surface area (Å²) in [5.74, 6) is 0.845. The molecular formula is C24H27N5O2S. The van der Waals surface area contributed by atoms with E-state index >= 15 is 0 Å². The summed E-state index contributed by atoms with van der Waals surface area (Å²) in [6, 6.07) is 15.2. The van der Waals surface area contributed by atoms with Crippen LogP contribution >= 0.6 is 11.8 Å². The second-order valence-electron chi connectivity index (χ2n) is 8.34. The maximum Gasteiger partial charge on any atom is 0.262 e. The van der Waals surface area contributed by atoms with Gasteiger partial charge < -0.3 is 5.32 Å². The minimum Gasteiger partial charge on any atom is -0.325 e. The fourth-order valence-electron chi connectivity index (χ4n) is 3.56. The first-order valence-electron chi connectivity index (χ1n) is 10.8. The van der Waals surface area contributed by atoms with Crippen LogP contribution in [0.4, 0.5) is 5.69 Å². The SMILES string of the molecule is Cc1ccccc1NC(=O)C(C)Sc1nnc2n(CCC(C)C)c(=O)c3ccccc3n12. The molecule has 0 bridgehead atoms. The normalized spacial score (nSPS) is 12.5. The molecule has 8 heteroatoms. The Morgan fingerprint density at radius 1 is 1.06 bits per heavy atom. The second kappa shape index (κ2) is 9.16. The van der Waals surface area contributed by atoms with Crippen molar-refractivity contribution in [2.45, 2.75) is 51.1 Å². The van der Waals surface area contributed by atoms with Gasteiger partial charge in [-0.2, -0.15) is 0 Å². The van der Waals surface area contributed by atoms with Crippen LogP contribution < -0.4 is 10.9 Å². The number of rotatable bonds is 7. The molecule has 0 saturated heterocycles. The Labute approximate surface area is 190 Å². The molecule has 166 valence electrons. The number of carbonyl (C=O) groups excluding carboxylic acids is 1. The van der Waals surface area contributed by atoms with E-state index in [2.05, 4.69) is 29.4 Å². The summed E-state index contributed by atoms with van der Waals surface area (Å²) in [5.41, 5.74) is 2.48. The summed E-state index contributed by atoms with van der Waals surface area (Å²) in [7, 11) is 0. The number of para-hydroxylation sites is 2. The third-order valence-corrected chi connectivity index (χ3v) is 6.51. The summed E-state index contributed by atoms with van der Waals surface area (Å²) in [4.78, 5) is 26.0. The zero-order valence-electron chi connectivity index (χ0n) is 18.7. The summed E-state index contributed by atoms with van der Waals surface area (Å²) in [6.07, 6.45) is 0.860. The molecule has 7 nitrogen and oxygen atoms in total. The van der Waals surface area contributed by atoms with E-state index in [-0.39, 0.29) is 11.5 Å². The molecule has 32 heavy (non-hydrogen) atoms. The highest BCUT2D eigenvalue weighted by Crippen LogP contribution is 2.26. The van der Waals surface area contributed by atoms with E-state index in [0.717, 1.165) is 23.2 Å². The number of aromatic nitrogens is 4. The molecule has 0 fully saturated rings. The largest absolute Gasteiger partial charge is 0.325 e. The number of nitrogens with zero attached hydrogens (tertiary/aromatic N) is 4. The van der Waals surface area contributed by atoms with Crippen LogP contribution in [0.25, 0.3) is 16.7 Å². The van der Waals surface area contributed by atoms with Crippen LogP contribution in [-0.4, -0.2) is 30.3 Å². The number of anilines is 1. The topological polar surface area (TPSA) is 81.3 Å². The second-order valence-corrected chi connectivity index (χ2v) is 9.65. The van der Waals surface area contributed by atoms with Gasteiger partial charge in [-0.25, -0.2) is 0 Å². The van der Waals surface area contributed by atoms with Gasteiger partial charge in [0.25, 0.3) is 5.56 Å². The Morgan fingerprint density at radius 3 is 2.53 bits per heavy atom. The van der Waals surface area contributed by atoms with Crippen molar-refractivity contribution in [1.29, 1.82) is 0 Å². The Hall–Kier alpha value is -3.13. The van der Waals surface area contributed by atoms with Crippen LogP contribution in [0.15, 0.2) is 58.5 Å². The van der Waals surface area contributed by atoms with E-state index < -0.39 is 5.25 Å². The van der Waals surface area contributed by atoms with Crippen LogP contribution in [0.2, 0.25) is 0 Å². The lowest BCUT2D eigenvalue weighted by Crippen LogP contribution is -2.25. The molecule has 0 spiro atoms. The first kappa shape index (κ1) is 22.1. The third-order valence-electron chi connectivity index (χ3n) is 5.46. The Balaban J connectivity index is 1.71. The van der Waals surface area contributed by atoms with Crippen LogP contribution in [-0.2, 0) is 11.3 Å². The molecule has 4 rings (SSSR count).